The first-order chi connectivity index (χ1) is 33.8. The highest BCUT2D eigenvalue weighted by atomic mass is 28.6. The molecule has 0 saturated heterocycles. The molecule has 0 spiro atoms. The van der Waals surface area contributed by atoms with E-state index in [4.69, 9.17) is 78.2 Å². The van der Waals surface area contributed by atoms with Gasteiger partial charge in [0.2, 0.25) is 0 Å². The maximum absolute atomic E-state index is 6.94. The summed E-state index contributed by atoms with van der Waals surface area (Å²) < 4.78 is 129. The summed E-state index contributed by atoms with van der Waals surface area (Å²) in [5.74, 6) is 0. The second-order valence-corrected chi connectivity index (χ2v) is 101. The molecule has 19 nitrogen and oxygen atoms in total. The Morgan fingerprint density at radius 2 is 0.228 bits per heavy atom. The second kappa shape index (κ2) is 28.0. The van der Waals surface area contributed by atoms with Gasteiger partial charge in [-0.15, -0.1) is 0 Å². The SMILES string of the molecule is C[SiH2]O[Si](C)(C)O[Si](C)(C)O[Si](C)(C)O[Si](C)(C)O[Si](C)(C)O[Si](C)(C)O[Si](C)(C)O[Si](C)(C)O[Si](C)(C)O[Si](C)(C)O[Si](C)(C)O[Si](C)(C)O[Si](C)(C)O[Si](C)(C)O[Si](C)(C)O[Si](C)(C)O[Si](C)(C)O[Si](C)(C)O[Si](C)(C)C. The first-order valence-electron chi connectivity index (χ1n) is 28.0. The Morgan fingerprint density at radius 1 is 0.139 bits per heavy atom. The van der Waals surface area contributed by atoms with Crippen LogP contribution in [0, 0.1) is 0 Å². The molecule has 79 heavy (non-hydrogen) atoms. The molecule has 39 heteroatoms. The third kappa shape index (κ3) is 38.7. The van der Waals surface area contributed by atoms with Crippen LogP contribution in [0.3, 0.4) is 0 Å². The molecule has 0 heterocycles. The predicted octanol–water partition coefficient (Wildman–Crippen LogP) is 13.9. The van der Waals surface area contributed by atoms with Crippen LogP contribution in [0.1, 0.15) is 0 Å². The minimum Gasteiger partial charge on any atom is -0.442 e. The van der Waals surface area contributed by atoms with Gasteiger partial charge in [0.25, 0.3) is 0 Å². The van der Waals surface area contributed by atoms with Gasteiger partial charge < -0.3 is 78.2 Å². The van der Waals surface area contributed by atoms with Crippen molar-refractivity contribution in [3.63, 3.8) is 0 Å². The van der Waals surface area contributed by atoms with E-state index in [9.17, 15) is 0 Å². The van der Waals surface area contributed by atoms with Crippen molar-refractivity contribution in [3.8, 4) is 0 Å². The molecule has 0 aromatic heterocycles. The van der Waals surface area contributed by atoms with Crippen molar-refractivity contribution in [2.75, 3.05) is 0 Å². The van der Waals surface area contributed by atoms with E-state index in [0.29, 0.717) is 0 Å². The molecule has 0 aromatic carbocycles. The van der Waals surface area contributed by atoms with Crippen molar-refractivity contribution in [1.29, 1.82) is 0 Å². The third-order valence-corrected chi connectivity index (χ3v) is 84.6. The van der Waals surface area contributed by atoms with Crippen molar-refractivity contribution in [2.24, 2.45) is 0 Å². The van der Waals surface area contributed by atoms with E-state index in [-0.39, 0.29) is 0 Å². The van der Waals surface area contributed by atoms with E-state index >= 15 is 0 Å². The fourth-order valence-electron chi connectivity index (χ4n) is 11.5. The van der Waals surface area contributed by atoms with Crippen LogP contribution in [0.4, 0.5) is 0 Å². The fraction of sp³-hybridized carbons (Fsp3) is 1.00. The smallest absolute Gasteiger partial charge is 0.314 e. The average molecular weight is 1470 g/mol. The standard InChI is InChI=1S/C40H122O19Si20/c1-60-41-62(5,6)43-64(9,10)45-66(13,14)47-68(17,18)49-70(21,22)51-72(25,26)53-74(29,30)55-76(33,34)57-78(37,38)59-79(39,40)58-77(35,36)56-75(31,32)54-73(27,28)52-71(23,24)50-69(19,20)48-67(15,16)46-65(11,12)44-63(7,8)42-61(2,3)4/h60H2,1-40H3. The highest BCUT2D eigenvalue weighted by Gasteiger charge is 2.54. The van der Waals surface area contributed by atoms with Crippen LogP contribution < -0.4 is 0 Å². The molecule has 0 N–H and O–H groups in total. The van der Waals surface area contributed by atoms with Gasteiger partial charge >= 0.3 is 154 Å². The summed E-state index contributed by atoms with van der Waals surface area (Å²) in [6.07, 6.45) is 0. The lowest BCUT2D eigenvalue weighted by Crippen LogP contribution is -2.63. The molecular formula is C40H122O19Si20. The molecular weight excluding hydrogens is 1350 g/mol. The predicted molar refractivity (Wildman–Crippen MR) is 373 cm³/mol. The molecule has 0 saturated carbocycles. The lowest BCUT2D eigenvalue weighted by atomic mass is 11.8. The monoisotopic (exact) mass is 1470 g/mol. The molecule has 0 radical (unpaired) electrons. The summed E-state index contributed by atoms with van der Waals surface area (Å²) in [5.41, 5.74) is 0. The van der Waals surface area contributed by atoms with Gasteiger partial charge in [-0.1, -0.05) is 6.55 Å². The minimum atomic E-state index is -2.85. The van der Waals surface area contributed by atoms with Crippen LogP contribution in [0.2, 0.25) is 262 Å². The Labute approximate surface area is 508 Å². The van der Waals surface area contributed by atoms with Crippen molar-refractivity contribution in [3.05, 3.63) is 0 Å². The van der Waals surface area contributed by atoms with E-state index < -0.39 is 172 Å². The lowest BCUT2D eigenvalue weighted by Gasteiger charge is -2.45. The number of hydrogen-bond donors (Lipinski definition) is 0. The zero-order valence-electron chi connectivity index (χ0n) is 58.0. The normalized spacial score (nSPS) is 16.3. The van der Waals surface area contributed by atoms with Crippen LogP contribution in [0.25, 0.3) is 0 Å². The van der Waals surface area contributed by atoms with E-state index in [1.165, 1.54) is 0 Å². The third-order valence-electron chi connectivity index (χ3n) is 9.40. The second-order valence-electron chi connectivity index (χ2n) is 29.6. The van der Waals surface area contributed by atoms with Crippen LogP contribution in [-0.2, 0) is 78.2 Å². The van der Waals surface area contributed by atoms with Crippen molar-refractivity contribution < 1.29 is 78.2 Å². The Bertz CT molecular complexity index is 1930. The van der Waals surface area contributed by atoms with Crippen molar-refractivity contribution >= 4 is 172 Å². The quantitative estimate of drug-likeness (QED) is 0.0533. The van der Waals surface area contributed by atoms with E-state index in [2.05, 4.69) is 262 Å². The summed E-state index contributed by atoms with van der Waals surface area (Å²) in [7, 11) is -51.4. The molecule has 0 aromatic rings. The molecule has 0 unspecified atom stereocenters. The first kappa shape index (κ1) is 82.6. The van der Waals surface area contributed by atoms with Crippen molar-refractivity contribution in [2.45, 2.75) is 262 Å². The maximum Gasteiger partial charge on any atom is 0.314 e. The van der Waals surface area contributed by atoms with Crippen LogP contribution in [0.15, 0.2) is 0 Å². The van der Waals surface area contributed by atoms with Gasteiger partial charge in [0.1, 0.15) is 9.76 Å². The minimum absolute atomic E-state index is 0.598. The Kier molecular flexibility index (Phi) is 29.3. The van der Waals surface area contributed by atoms with E-state index in [0.717, 1.165) is 0 Å². The molecule has 0 amide bonds. The van der Waals surface area contributed by atoms with Crippen molar-refractivity contribution in [1.82, 2.24) is 0 Å². The average Bonchev–Trinajstić information content (AvgIpc) is 2.91. The lowest BCUT2D eigenvalue weighted by molar-refractivity contribution is 0.250. The fourth-order valence-corrected chi connectivity index (χ4v) is 111. The molecule has 0 rings (SSSR count). The molecule has 0 fully saturated rings. The molecule has 0 aliphatic rings. The van der Waals surface area contributed by atoms with Crippen LogP contribution >= 0.6 is 0 Å². The van der Waals surface area contributed by atoms with Gasteiger partial charge in [0, 0.05) is 0 Å². The Morgan fingerprint density at radius 3 is 0.316 bits per heavy atom. The summed E-state index contributed by atoms with van der Waals surface area (Å²) in [6.45, 7) is 83.1. The zero-order valence-corrected chi connectivity index (χ0v) is 78.4. The molecule has 476 valence electrons. The molecule has 0 bridgehead atoms. The van der Waals surface area contributed by atoms with Gasteiger partial charge in [-0.25, -0.2) is 0 Å². The van der Waals surface area contributed by atoms with E-state index in [1.54, 1.807) is 0 Å². The van der Waals surface area contributed by atoms with Gasteiger partial charge in [0.05, 0.1) is 0 Å². The number of hydrogen-bond acceptors (Lipinski definition) is 19. The largest absolute Gasteiger partial charge is 0.442 e. The molecule has 0 aliphatic carbocycles. The maximum atomic E-state index is 6.94. The van der Waals surface area contributed by atoms with Crippen LogP contribution in [-0.4, -0.2) is 172 Å². The highest BCUT2D eigenvalue weighted by molar-refractivity contribution is 6.96. The zero-order chi connectivity index (χ0) is 63.6. The summed E-state index contributed by atoms with van der Waals surface area (Å²) in [6, 6.07) is 0. The van der Waals surface area contributed by atoms with E-state index in [1.807, 2.05) is 0 Å². The van der Waals surface area contributed by atoms with Gasteiger partial charge in [0.15, 0.2) is 8.32 Å². The first-order valence-corrected chi connectivity index (χ1v) is 84.1. The summed E-state index contributed by atoms with van der Waals surface area (Å²) in [4.78, 5) is 0. The van der Waals surface area contributed by atoms with Crippen LogP contribution in [0.5, 0.6) is 0 Å². The Hall–Kier alpha value is 3.58. The molecule has 0 atom stereocenters. The summed E-state index contributed by atoms with van der Waals surface area (Å²) >= 11 is 0. The summed E-state index contributed by atoms with van der Waals surface area (Å²) in [5, 5.41) is 0. The topological polar surface area (TPSA) is 175 Å². The Balaban J connectivity index is 5.80. The number of rotatable bonds is 38. The highest BCUT2D eigenvalue weighted by Crippen LogP contribution is 2.34. The van der Waals surface area contributed by atoms with Gasteiger partial charge in [-0.3, -0.25) is 0 Å². The van der Waals surface area contributed by atoms with Gasteiger partial charge in [-0.05, 0) is 255 Å². The molecule has 0 aliphatic heterocycles. The van der Waals surface area contributed by atoms with Gasteiger partial charge in [-0.2, -0.15) is 0 Å².